The molecule has 0 aromatic heterocycles. The first-order valence-corrected chi connectivity index (χ1v) is 32.9. The quantitative estimate of drug-likeness (QED) is 0.0105. The van der Waals surface area contributed by atoms with Crippen LogP contribution in [0.1, 0.15) is 236 Å². The summed E-state index contributed by atoms with van der Waals surface area (Å²) in [5.74, 6) is -3.68. The number of hydrogen-bond acceptors (Lipinski definition) is 14. The molecule has 0 spiro atoms. The first kappa shape index (κ1) is 73.1. The number of amides is 1. The van der Waals surface area contributed by atoms with Gasteiger partial charge in [0.15, 0.2) is 18.5 Å². The summed E-state index contributed by atoms with van der Waals surface area (Å²) >= 11 is 6.26. The number of carbonyl (C=O) groups excluding carboxylic acids is 4. The standard InChI is InChI=1S/C55H92I3NO14S.Na/c1-3-5-7-9-11-13-15-17-19-21-23-25-27-29-31-33-47(60)69-39-43(71-48(61)34-32-30-28-26-24-22-20-18-16-14-12-10-8-6-4-2)40-70-55-52(64)51(63)53(46(72-55)41-74(66,67)68)73-49(62)35-36-59-54(65)44-37-42(56)38-45(57)50(44)58;/h37-38,43,46,51-53,55,63-64H,3-36,39-41H2,1-2H3,(H,59,65)(H,66,67,68);/q;+1/p-1. The van der Waals surface area contributed by atoms with Gasteiger partial charge in [0.25, 0.3) is 5.91 Å². The topological polar surface area (TPSA) is 224 Å². The van der Waals surface area contributed by atoms with Crippen molar-refractivity contribution in [3.05, 3.63) is 28.4 Å². The van der Waals surface area contributed by atoms with Crippen molar-refractivity contribution in [1.29, 1.82) is 0 Å². The van der Waals surface area contributed by atoms with Gasteiger partial charge in [0.2, 0.25) is 0 Å². The zero-order valence-electron chi connectivity index (χ0n) is 45.6. The van der Waals surface area contributed by atoms with Crippen LogP contribution in [0.2, 0.25) is 0 Å². The number of aliphatic hydroxyl groups excluding tert-OH is 2. The van der Waals surface area contributed by atoms with E-state index < -0.39 is 89.5 Å². The summed E-state index contributed by atoms with van der Waals surface area (Å²) in [5.41, 5.74) is 0.409. The molecule has 0 radical (unpaired) electrons. The van der Waals surface area contributed by atoms with Crippen LogP contribution in [0.15, 0.2) is 12.1 Å². The third kappa shape index (κ3) is 36.2. The number of hydrogen-bond donors (Lipinski definition) is 3. The van der Waals surface area contributed by atoms with Gasteiger partial charge in [0.05, 0.1) is 34.5 Å². The van der Waals surface area contributed by atoms with E-state index in [9.17, 15) is 42.4 Å². The molecule has 1 aliphatic rings. The van der Waals surface area contributed by atoms with E-state index in [2.05, 4.69) is 86.9 Å². The molecule has 2 rings (SSSR count). The largest absolute Gasteiger partial charge is 1.00 e. The van der Waals surface area contributed by atoms with Crippen molar-refractivity contribution >= 4 is 102 Å². The monoisotopic (exact) mass is 1430 g/mol. The molecule has 0 aliphatic carbocycles. The molecule has 1 aromatic rings. The van der Waals surface area contributed by atoms with Gasteiger partial charge in [-0.2, -0.15) is 0 Å². The zero-order valence-corrected chi connectivity index (χ0v) is 54.9. The molecule has 1 aliphatic heterocycles. The Morgan fingerprint density at radius 3 is 1.52 bits per heavy atom. The number of ether oxygens (including phenoxy) is 5. The van der Waals surface area contributed by atoms with Crippen molar-refractivity contribution < 1.29 is 95.6 Å². The maximum atomic E-state index is 13.1. The minimum absolute atomic E-state index is 0. The molecule has 428 valence electrons. The predicted octanol–water partition coefficient (Wildman–Crippen LogP) is 9.52. The van der Waals surface area contributed by atoms with Gasteiger partial charge >= 0.3 is 47.5 Å². The summed E-state index contributed by atoms with van der Waals surface area (Å²) in [6.07, 6.45) is 25.1. The van der Waals surface area contributed by atoms with Crippen molar-refractivity contribution in [1.82, 2.24) is 5.32 Å². The number of nitrogens with one attached hydrogen (secondary N) is 1. The Morgan fingerprint density at radius 1 is 0.627 bits per heavy atom. The third-order valence-corrected chi connectivity index (χ3v) is 17.7. The van der Waals surface area contributed by atoms with E-state index in [1.54, 1.807) is 6.07 Å². The summed E-state index contributed by atoms with van der Waals surface area (Å²) in [7, 11) is -5.04. The molecular formula is C55H91I3NNaO14S. The Balaban J connectivity index is 0.0000281. The van der Waals surface area contributed by atoms with E-state index in [-0.39, 0.29) is 55.6 Å². The second-order valence-electron chi connectivity index (χ2n) is 20.0. The molecular weight excluding hydrogens is 1330 g/mol. The van der Waals surface area contributed by atoms with Crippen molar-refractivity contribution in [2.45, 2.75) is 263 Å². The molecule has 75 heavy (non-hydrogen) atoms. The molecule has 1 saturated heterocycles. The molecule has 1 heterocycles. The van der Waals surface area contributed by atoms with Crippen molar-refractivity contribution in [2.75, 3.05) is 25.5 Å². The van der Waals surface area contributed by atoms with Crippen LogP contribution in [0.25, 0.3) is 0 Å². The Bertz CT molecular complexity index is 1820. The van der Waals surface area contributed by atoms with E-state index in [4.69, 9.17) is 23.7 Å². The average Bonchev–Trinajstić information content (AvgIpc) is 3.35. The van der Waals surface area contributed by atoms with Crippen LogP contribution in [0.5, 0.6) is 0 Å². The van der Waals surface area contributed by atoms with Crippen molar-refractivity contribution in [3.8, 4) is 0 Å². The maximum Gasteiger partial charge on any atom is 1.00 e. The second-order valence-corrected chi connectivity index (χ2v) is 24.9. The van der Waals surface area contributed by atoms with Crippen LogP contribution < -0.4 is 34.9 Å². The molecule has 15 nitrogen and oxygen atoms in total. The first-order valence-electron chi connectivity index (χ1n) is 28.1. The molecule has 1 amide bonds. The van der Waals surface area contributed by atoms with Gasteiger partial charge in [-0.15, -0.1) is 0 Å². The molecule has 3 N–H and O–H groups in total. The van der Waals surface area contributed by atoms with Crippen LogP contribution >= 0.6 is 67.8 Å². The summed E-state index contributed by atoms with van der Waals surface area (Å²) < 4.78 is 66.4. The van der Waals surface area contributed by atoms with Crippen LogP contribution in [-0.2, 0) is 48.2 Å². The Hall–Kier alpha value is 0.0400. The smallest absolute Gasteiger partial charge is 0.748 e. The average molecular weight is 1430 g/mol. The zero-order chi connectivity index (χ0) is 54.4. The van der Waals surface area contributed by atoms with Crippen molar-refractivity contribution in [2.24, 2.45) is 0 Å². The summed E-state index contributed by atoms with van der Waals surface area (Å²) in [4.78, 5) is 51.8. The fourth-order valence-electron chi connectivity index (χ4n) is 8.93. The summed E-state index contributed by atoms with van der Waals surface area (Å²) in [5, 5.41) is 24.9. The van der Waals surface area contributed by atoms with Gasteiger partial charge < -0.3 is 43.8 Å². The van der Waals surface area contributed by atoms with E-state index in [0.717, 1.165) is 55.7 Å². The molecule has 20 heteroatoms. The van der Waals surface area contributed by atoms with Gasteiger partial charge in [-0.05, 0) is 92.7 Å². The molecule has 1 aromatic carbocycles. The van der Waals surface area contributed by atoms with Gasteiger partial charge in [-0.25, -0.2) is 8.42 Å². The third-order valence-electron chi connectivity index (χ3n) is 13.3. The van der Waals surface area contributed by atoms with Crippen molar-refractivity contribution in [3.63, 3.8) is 0 Å². The second kappa shape index (κ2) is 45.6. The van der Waals surface area contributed by atoms with Crippen LogP contribution in [0.4, 0.5) is 0 Å². The van der Waals surface area contributed by atoms with E-state index in [1.807, 2.05) is 6.07 Å². The number of aliphatic hydroxyl groups is 2. The number of carbonyl (C=O) groups is 4. The molecule has 6 unspecified atom stereocenters. The van der Waals surface area contributed by atoms with Gasteiger partial charge in [-0.1, -0.05) is 194 Å². The van der Waals surface area contributed by atoms with Crippen LogP contribution in [0.3, 0.4) is 0 Å². The van der Waals surface area contributed by atoms with Gasteiger partial charge in [-0.3, -0.25) is 19.2 Å². The molecule has 6 atom stereocenters. The first-order chi connectivity index (χ1) is 35.6. The van der Waals surface area contributed by atoms with E-state index in [0.29, 0.717) is 18.4 Å². The number of rotatable bonds is 45. The van der Waals surface area contributed by atoms with Gasteiger partial charge in [0, 0.05) is 30.1 Å². The van der Waals surface area contributed by atoms with E-state index in [1.165, 1.54) is 135 Å². The predicted molar refractivity (Wildman–Crippen MR) is 313 cm³/mol. The van der Waals surface area contributed by atoms with E-state index >= 15 is 0 Å². The minimum Gasteiger partial charge on any atom is -0.748 e. The molecule has 0 saturated carbocycles. The molecule has 0 bridgehead atoms. The maximum absolute atomic E-state index is 13.1. The number of unbranched alkanes of at least 4 members (excludes halogenated alkanes) is 28. The summed E-state index contributed by atoms with van der Waals surface area (Å²) in [6.45, 7) is 3.44. The Labute approximate surface area is 513 Å². The molecule has 1 fully saturated rings. The Kier molecular flexibility index (Phi) is 44.4. The van der Waals surface area contributed by atoms with Gasteiger partial charge in [0.1, 0.15) is 24.9 Å². The summed E-state index contributed by atoms with van der Waals surface area (Å²) in [6, 6.07) is 3.61. The normalized spacial score (nSPS) is 18.0. The van der Waals surface area contributed by atoms with Crippen LogP contribution in [0, 0.1) is 10.7 Å². The fourth-order valence-corrected chi connectivity index (χ4v) is 12.0. The van der Waals surface area contributed by atoms with Crippen LogP contribution in [-0.4, -0.2) is 109 Å². The fraction of sp³-hybridized carbons (Fsp3) is 0.818. The number of halogens is 3. The Morgan fingerprint density at radius 2 is 1.07 bits per heavy atom. The minimum atomic E-state index is -5.04. The number of esters is 3. The SMILES string of the molecule is CCCCCCCCCCCCCCCCCC(=O)OCC(COC1OC(CS(=O)(=O)[O-])C(OC(=O)CCNC(=O)c2cc(I)cc(I)c2I)C(O)C1O)OC(=O)CCCCCCCCCCCCCCCCC.[Na+]. The number of benzene rings is 1.